The van der Waals surface area contributed by atoms with Crippen molar-refractivity contribution in [1.29, 1.82) is 0 Å². The molecule has 1 aliphatic carbocycles. The van der Waals surface area contributed by atoms with Crippen molar-refractivity contribution in [3.05, 3.63) is 34.3 Å². The molecule has 1 aromatic rings. The van der Waals surface area contributed by atoms with Crippen LogP contribution < -0.4 is 5.32 Å². The molecule has 0 atom stereocenters. The summed E-state index contributed by atoms with van der Waals surface area (Å²) in [6.07, 6.45) is 7.63. The fourth-order valence-electron chi connectivity index (χ4n) is 2.98. The second-order valence-corrected chi connectivity index (χ2v) is 7.37. The van der Waals surface area contributed by atoms with Crippen molar-refractivity contribution >= 4 is 15.9 Å². The van der Waals surface area contributed by atoms with Gasteiger partial charge in [-0.05, 0) is 24.5 Å². The molecule has 21 heavy (non-hydrogen) atoms. The van der Waals surface area contributed by atoms with E-state index in [-0.39, 0.29) is 5.60 Å². The topological polar surface area (TPSA) is 21.3 Å². The summed E-state index contributed by atoms with van der Waals surface area (Å²) in [7, 11) is 0. The molecule has 0 spiro atoms. The molecule has 0 amide bonds. The number of rotatable bonds is 6. The van der Waals surface area contributed by atoms with E-state index in [1.165, 1.54) is 44.1 Å². The average molecular weight is 354 g/mol. The van der Waals surface area contributed by atoms with Crippen molar-refractivity contribution in [2.24, 2.45) is 0 Å². The van der Waals surface area contributed by atoms with Crippen LogP contribution in [0.25, 0.3) is 0 Å². The molecule has 1 N–H and O–H groups in total. The van der Waals surface area contributed by atoms with Gasteiger partial charge in [0.2, 0.25) is 0 Å². The molecule has 1 aliphatic rings. The molecular weight excluding hydrogens is 326 g/mol. The fraction of sp³-hybridized carbons (Fsp3) is 0.667. The van der Waals surface area contributed by atoms with E-state index in [4.69, 9.17) is 4.74 Å². The van der Waals surface area contributed by atoms with Crippen molar-refractivity contribution in [2.75, 3.05) is 6.54 Å². The van der Waals surface area contributed by atoms with Crippen LogP contribution in [0.15, 0.2) is 28.7 Å². The second kappa shape index (κ2) is 8.30. The summed E-state index contributed by atoms with van der Waals surface area (Å²) in [5, 5.41) is 3.60. The summed E-state index contributed by atoms with van der Waals surface area (Å²) in [5.74, 6) is 0. The van der Waals surface area contributed by atoms with Crippen molar-refractivity contribution in [1.82, 2.24) is 5.32 Å². The Morgan fingerprint density at radius 1 is 1.14 bits per heavy atom. The van der Waals surface area contributed by atoms with Gasteiger partial charge in [0.05, 0.1) is 12.2 Å². The van der Waals surface area contributed by atoms with Gasteiger partial charge in [-0.15, -0.1) is 0 Å². The highest BCUT2D eigenvalue weighted by Crippen LogP contribution is 2.32. The molecule has 1 saturated carbocycles. The third-order valence-corrected chi connectivity index (χ3v) is 5.11. The predicted molar refractivity (Wildman–Crippen MR) is 92.5 cm³/mol. The highest BCUT2D eigenvalue weighted by Gasteiger charge is 2.32. The Hall–Kier alpha value is -0.380. The van der Waals surface area contributed by atoms with Crippen LogP contribution in [-0.2, 0) is 11.3 Å². The lowest BCUT2D eigenvalue weighted by molar-refractivity contribution is -0.0667. The third-order valence-electron chi connectivity index (χ3n) is 4.34. The zero-order valence-corrected chi connectivity index (χ0v) is 14.9. The van der Waals surface area contributed by atoms with Crippen LogP contribution in [0.5, 0.6) is 0 Å². The van der Waals surface area contributed by atoms with Crippen LogP contribution in [0.4, 0.5) is 0 Å². The minimum atomic E-state index is 0.00997. The second-order valence-electron chi connectivity index (χ2n) is 6.51. The van der Waals surface area contributed by atoms with Gasteiger partial charge in [0, 0.05) is 17.1 Å². The van der Waals surface area contributed by atoms with E-state index in [0.717, 1.165) is 11.0 Å². The van der Waals surface area contributed by atoms with Crippen molar-refractivity contribution in [3.63, 3.8) is 0 Å². The minimum Gasteiger partial charge on any atom is -0.369 e. The first-order chi connectivity index (χ1) is 10.1. The van der Waals surface area contributed by atoms with Gasteiger partial charge in [-0.3, -0.25) is 0 Å². The van der Waals surface area contributed by atoms with Crippen LogP contribution in [0.3, 0.4) is 0 Å². The average Bonchev–Trinajstić information content (AvgIpc) is 2.71. The molecular formula is C18H28BrNO. The Bertz CT molecular complexity index is 425. The van der Waals surface area contributed by atoms with E-state index in [1.54, 1.807) is 0 Å². The van der Waals surface area contributed by atoms with E-state index in [2.05, 4.69) is 59.4 Å². The molecule has 0 radical (unpaired) electrons. The van der Waals surface area contributed by atoms with Gasteiger partial charge in [-0.1, -0.05) is 73.7 Å². The first-order valence-corrected chi connectivity index (χ1v) is 9.01. The van der Waals surface area contributed by atoms with Crippen LogP contribution in [0, 0.1) is 0 Å². The smallest absolute Gasteiger partial charge is 0.0810 e. The lowest BCUT2D eigenvalue weighted by Gasteiger charge is -2.34. The Labute approximate surface area is 137 Å². The minimum absolute atomic E-state index is 0.00997. The van der Waals surface area contributed by atoms with E-state index >= 15 is 0 Å². The first kappa shape index (κ1) is 17.0. The third kappa shape index (κ3) is 5.39. The van der Waals surface area contributed by atoms with Crippen LogP contribution in [0.2, 0.25) is 0 Å². The van der Waals surface area contributed by atoms with Gasteiger partial charge in [-0.25, -0.2) is 0 Å². The number of halogens is 1. The molecule has 0 heterocycles. The monoisotopic (exact) mass is 353 g/mol. The summed E-state index contributed by atoms with van der Waals surface area (Å²) in [4.78, 5) is 0. The summed E-state index contributed by atoms with van der Waals surface area (Å²) in [6, 6.07) is 8.87. The zero-order chi connectivity index (χ0) is 15.1. The quantitative estimate of drug-likeness (QED) is 0.721. The van der Waals surface area contributed by atoms with Crippen LogP contribution in [-0.4, -0.2) is 18.2 Å². The highest BCUT2D eigenvalue weighted by atomic mass is 79.9. The van der Waals surface area contributed by atoms with Gasteiger partial charge in [0.1, 0.15) is 0 Å². The molecule has 2 rings (SSSR count). The van der Waals surface area contributed by atoms with Crippen LogP contribution in [0.1, 0.15) is 57.9 Å². The largest absolute Gasteiger partial charge is 0.369 e. The number of hydrogen-bond acceptors (Lipinski definition) is 2. The van der Waals surface area contributed by atoms with Gasteiger partial charge in [0.15, 0.2) is 0 Å². The number of hydrogen-bond donors (Lipinski definition) is 1. The molecule has 0 unspecified atom stereocenters. The molecule has 0 aliphatic heterocycles. The lowest BCUT2D eigenvalue weighted by Crippen LogP contribution is -2.44. The van der Waals surface area contributed by atoms with E-state index in [0.29, 0.717) is 12.6 Å². The summed E-state index contributed by atoms with van der Waals surface area (Å²) < 4.78 is 7.62. The van der Waals surface area contributed by atoms with Crippen molar-refractivity contribution < 1.29 is 4.74 Å². The highest BCUT2D eigenvalue weighted by molar-refractivity contribution is 9.10. The maximum Gasteiger partial charge on any atom is 0.0810 e. The molecule has 0 bridgehead atoms. The lowest BCUT2D eigenvalue weighted by atomic mass is 9.93. The predicted octanol–water partition coefficient (Wildman–Crippen LogP) is 5.06. The van der Waals surface area contributed by atoms with Crippen molar-refractivity contribution in [2.45, 2.75) is 70.6 Å². The van der Waals surface area contributed by atoms with Gasteiger partial charge >= 0.3 is 0 Å². The van der Waals surface area contributed by atoms with E-state index in [9.17, 15) is 0 Å². The maximum atomic E-state index is 6.48. The number of nitrogens with one attached hydrogen (secondary N) is 1. The van der Waals surface area contributed by atoms with Crippen LogP contribution >= 0.6 is 15.9 Å². The summed E-state index contributed by atoms with van der Waals surface area (Å²) in [5.41, 5.74) is 1.25. The van der Waals surface area contributed by atoms with Gasteiger partial charge in [-0.2, -0.15) is 0 Å². The number of benzene rings is 1. The summed E-state index contributed by atoms with van der Waals surface area (Å²) in [6.45, 7) is 6.08. The Morgan fingerprint density at radius 3 is 2.43 bits per heavy atom. The van der Waals surface area contributed by atoms with Gasteiger partial charge < -0.3 is 10.1 Å². The molecule has 1 aromatic carbocycles. The zero-order valence-electron chi connectivity index (χ0n) is 13.3. The standard InChI is InChI=1S/C18H28BrNO/c1-15(2)20-14-18(11-7-3-4-8-12-18)21-13-16-9-5-6-10-17(16)19/h5-6,9-10,15,20H,3-4,7-8,11-14H2,1-2H3. The Balaban J connectivity index is 2.02. The Kier molecular flexibility index (Phi) is 6.72. The molecule has 1 fully saturated rings. The fourth-order valence-corrected chi connectivity index (χ4v) is 3.38. The molecule has 2 nitrogen and oxygen atoms in total. The maximum absolute atomic E-state index is 6.48. The first-order valence-electron chi connectivity index (χ1n) is 8.22. The normalized spacial score (nSPS) is 18.7. The number of ether oxygens (including phenoxy) is 1. The SMILES string of the molecule is CC(C)NCC1(OCc2ccccc2Br)CCCCCC1. The molecule has 0 aromatic heterocycles. The molecule has 118 valence electrons. The van der Waals surface area contributed by atoms with E-state index < -0.39 is 0 Å². The van der Waals surface area contributed by atoms with Crippen molar-refractivity contribution in [3.8, 4) is 0 Å². The summed E-state index contributed by atoms with van der Waals surface area (Å²) >= 11 is 3.62. The molecule has 0 saturated heterocycles. The van der Waals surface area contributed by atoms with E-state index in [1.807, 2.05) is 0 Å². The van der Waals surface area contributed by atoms with Gasteiger partial charge in [0.25, 0.3) is 0 Å². The molecule has 3 heteroatoms. The Morgan fingerprint density at radius 2 is 1.81 bits per heavy atom.